The van der Waals surface area contributed by atoms with E-state index in [1.165, 1.54) is 6.42 Å². The Morgan fingerprint density at radius 2 is 2.35 bits per heavy atom. The van der Waals surface area contributed by atoms with Crippen molar-refractivity contribution < 1.29 is 4.79 Å². The first kappa shape index (κ1) is 12.2. The molecule has 0 bridgehead atoms. The number of likely N-dealkylation sites (tertiary alicyclic amines) is 1. The van der Waals surface area contributed by atoms with E-state index in [9.17, 15) is 4.79 Å². The first-order chi connectivity index (χ1) is 8.14. The van der Waals surface area contributed by atoms with Gasteiger partial charge in [0.25, 0.3) is 0 Å². The van der Waals surface area contributed by atoms with Gasteiger partial charge in [0, 0.05) is 23.8 Å². The van der Waals surface area contributed by atoms with Crippen LogP contribution in [0, 0.1) is 5.41 Å². The van der Waals surface area contributed by atoms with Crippen molar-refractivity contribution in [2.24, 2.45) is 10.4 Å². The third-order valence-electron chi connectivity index (χ3n) is 3.97. The van der Waals surface area contributed by atoms with E-state index < -0.39 is 0 Å². The van der Waals surface area contributed by atoms with Crippen molar-refractivity contribution >= 4 is 19.3 Å². The Morgan fingerprint density at radius 3 is 2.94 bits per heavy atom. The fourth-order valence-corrected chi connectivity index (χ4v) is 3.02. The molecule has 1 saturated heterocycles. The molecule has 0 aromatic rings. The van der Waals surface area contributed by atoms with E-state index in [-0.39, 0.29) is 0 Å². The number of carbonyl (C=O) groups excluding carboxylic acids is 1. The minimum absolute atomic E-state index is 0.311. The van der Waals surface area contributed by atoms with Gasteiger partial charge in [0.2, 0.25) is 13.7 Å². The van der Waals surface area contributed by atoms with E-state index in [0.29, 0.717) is 17.4 Å². The third-order valence-corrected chi connectivity index (χ3v) is 3.97. The second kappa shape index (κ2) is 4.51. The van der Waals surface area contributed by atoms with Crippen LogP contribution in [0.3, 0.4) is 0 Å². The number of nitrogens with zero attached hydrogens (tertiary/aromatic N) is 2. The zero-order valence-electron chi connectivity index (χ0n) is 10.6. The summed E-state index contributed by atoms with van der Waals surface area (Å²) in [4.78, 5) is 17.4. The lowest BCUT2D eigenvalue weighted by Crippen LogP contribution is -2.39. The molecule has 90 valence electrons. The highest BCUT2D eigenvalue weighted by atomic mass is 16.1. The highest BCUT2D eigenvalue weighted by Gasteiger charge is 2.61. The molecule has 1 saturated carbocycles. The first-order valence-electron chi connectivity index (χ1n) is 6.17. The Labute approximate surface area is 104 Å². The van der Waals surface area contributed by atoms with Crippen molar-refractivity contribution in [3.05, 3.63) is 24.9 Å². The quantitative estimate of drug-likeness (QED) is 0.400. The summed E-state index contributed by atoms with van der Waals surface area (Å²) in [6.45, 7) is 7.88. The number of hydrogen-bond donors (Lipinski definition) is 0. The molecule has 2 rings (SSSR count). The largest absolute Gasteiger partial charge is 0.346 e. The number of amides is 1. The summed E-state index contributed by atoms with van der Waals surface area (Å²) in [6, 6.07) is 0.473. The van der Waals surface area contributed by atoms with E-state index in [0.717, 1.165) is 25.7 Å². The van der Waals surface area contributed by atoms with E-state index >= 15 is 0 Å². The van der Waals surface area contributed by atoms with Crippen LogP contribution in [0.4, 0.5) is 0 Å². The highest BCUT2D eigenvalue weighted by molar-refractivity contribution is 6.79. The molecule has 0 aromatic heterocycles. The Morgan fingerprint density at radius 1 is 1.59 bits per heavy atom. The molecule has 17 heavy (non-hydrogen) atoms. The molecule has 4 heteroatoms. The molecular weight excluding hydrogens is 211 g/mol. The maximum atomic E-state index is 11.1. The van der Waals surface area contributed by atoms with Crippen LogP contribution in [-0.2, 0) is 4.79 Å². The molecule has 0 radical (unpaired) electrons. The van der Waals surface area contributed by atoms with E-state index in [1.54, 1.807) is 6.20 Å². The van der Waals surface area contributed by atoms with Crippen LogP contribution < -0.4 is 0 Å². The molecule has 1 amide bonds. The van der Waals surface area contributed by atoms with Crippen molar-refractivity contribution in [1.82, 2.24) is 4.90 Å². The predicted molar refractivity (Wildman–Crippen MR) is 72.4 cm³/mol. The van der Waals surface area contributed by atoms with Gasteiger partial charge in [-0.15, -0.1) is 0 Å². The minimum atomic E-state index is 0.311. The molecule has 0 aromatic carbocycles. The Hall–Kier alpha value is -1.32. The number of fused-ring (bicyclic) bond motifs is 1. The SMILES string of the molecule is C=C/N=C(BC1CC2(C)CC2N1C=O)\C=C/C. The van der Waals surface area contributed by atoms with E-state index in [2.05, 4.69) is 18.5 Å². The molecule has 2 aliphatic rings. The van der Waals surface area contributed by atoms with Crippen LogP contribution in [0.25, 0.3) is 0 Å². The molecule has 1 aliphatic heterocycles. The maximum Gasteiger partial charge on any atom is 0.209 e. The van der Waals surface area contributed by atoms with Crippen LogP contribution in [0.1, 0.15) is 26.7 Å². The van der Waals surface area contributed by atoms with E-state index in [4.69, 9.17) is 0 Å². The van der Waals surface area contributed by atoms with Gasteiger partial charge in [-0.3, -0.25) is 9.79 Å². The Balaban J connectivity index is 2.06. The van der Waals surface area contributed by atoms with Crippen LogP contribution in [0.15, 0.2) is 29.9 Å². The van der Waals surface area contributed by atoms with Gasteiger partial charge < -0.3 is 4.90 Å². The zero-order valence-corrected chi connectivity index (χ0v) is 10.6. The first-order valence-corrected chi connectivity index (χ1v) is 6.17. The molecule has 1 aliphatic carbocycles. The second-order valence-corrected chi connectivity index (χ2v) is 5.29. The van der Waals surface area contributed by atoms with Crippen LogP contribution in [-0.4, -0.2) is 36.2 Å². The minimum Gasteiger partial charge on any atom is -0.346 e. The standard InChI is InChI=1S/C13H19BN2O/c1-4-6-11(15-5-2)14-12-8-13(3)7-10(13)16(12)9-17/h4-6,9-10,12,14H,2,7-8H2,1,3H3/b6-4-,15-11+. The van der Waals surface area contributed by atoms with Gasteiger partial charge in [-0.05, 0) is 25.2 Å². The molecule has 3 unspecified atom stereocenters. The van der Waals surface area contributed by atoms with Gasteiger partial charge in [-0.25, -0.2) is 0 Å². The summed E-state index contributed by atoms with van der Waals surface area (Å²) in [6.07, 6.45) is 8.82. The summed E-state index contributed by atoms with van der Waals surface area (Å²) in [5.41, 5.74) is 1.38. The number of rotatable bonds is 5. The summed E-state index contributed by atoms with van der Waals surface area (Å²) in [7, 11) is 0.835. The second-order valence-electron chi connectivity index (χ2n) is 5.29. The summed E-state index contributed by atoms with van der Waals surface area (Å²) in [5.74, 6) is 0.311. The molecular formula is C13H19BN2O. The summed E-state index contributed by atoms with van der Waals surface area (Å²) in [5, 5.41) is 0. The highest BCUT2D eigenvalue weighted by Crippen LogP contribution is 2.58. The number of hydrogen-bond acceptors (Lipinski definition) is 2. The number of aliphatic imine (C=N–C) groups is 1. The molecule has 3 atom stereocenters. The molecule has 1 heterocycles. The number of allylic oxidation sites excluding steroid dienone is 2. The lowest BCUT2D eigenvalue weighted by Gasteiger charge is -2.22. The van der Waals surface area contributed by atoms with Crippen molar-refractivity contribution in [3.63, 3.8) is 0 Å². The third kappa shape index (κ3) is 2.21. The molecule has 0 spiro atoms. The van der Waals surface area contributed by atoms with Gasteiger partial charge in [0.15, 0.2) is 0 Å². The number of piperidine rings is 1. The molecule has 3 nitrogen and oxygen atoms in total. The topological polar surface area (TPSA) is 32.7 Å². The van der Waals surface area contributed by atoms with Crippen molar-refractivity contribution in [2.75, 3.05) is 0 Å². The summed E-state index contributed by atoms with van der Waals surface area (Å²) < 4.78 is 0. The smallest absolute Gasteiger partial charge is 0.209 e. The Bertz CT molecular complexity index is 391. The van der Waals surface area contributed by atoms with Crippen molar-refractivity contribution in [3.8, 4) is 0 Å². The molecule has 0 N–H and O–H groups in total. The molecule has 2 fully saturated rings. The lowest BCUT2D eigenvalue weighted by atomic mass is 9.62. The van der Waals surface area contributed by atoms with Gasteiger partial charge >= 0.3 is 0 Å². The zero-order chi connectivity index (χ0) is 12.5. The van der Waals surface area contributed by atoms with E-state index in [1.807, 2.05) is 24.0 Å². The fourth-order valence-electron chi connectivity index (χ4n) is 3.02. The van der Waals surface area contributed by atoms with Gasteiger partial charge in [-0.2, -0.15) is 0 Å². The van der Waals surface area contributed by atoms with Crippen molar-refractivity contribution in [1.29, 1.82) is 0 Å². The van der Waals surface area contributed by atoms with Gasteiger partial charge in [0.1, 0.15) is 0 Å². The van der Waals surface area contributed by atoms with Crippen LogP contribution in [0.2, 0.25) is 0 Å². The fraction of sp³-hybridized carbons (Fsp3) is 0.538. The van der Waals surface area contributed by atoms with Gasteiger partial charge in [0.05, 0.1) is 0 Å². The van der Waals surface area contributed by atoms with Gasteiger partial charge in [-0.1, -0.05) is 25.7 Å². The average molecular weight is 230 g/mol. The summed E-state index contributed by atoms with van der Waals surface area (Å²) >= 11 is 0. The van der Waals surface area contributed by atoms with Crippen LogP contribution in [0.5, 0.6) is 0 Å². The lowest BCUT2D eigenvalue weighted by molar-refractivity contribution is -0.118. The average Bonchev–Trinajstić information content (AvgIpc) is 2.84. The monoisotopic (exact) mass is 230 g/mol. The predicted octanol–water partition coefficient (Wildman–Crippen LogP) is 1.51. The van der Waals surface area contributed by atoms with Crippen molar-refractivity contribution in [2.45, 2.75) is 38.7 Å². The number of carbonyl (C=O) groups is 1. The Kier molecular flexibility index (Phi) is 3.23. The van der Waals surface area contributed by atoms with Crippen LogP contribution >= 0.6 is 0 Å². The maximum absolute atomic E-state index is 11.1. The normalized spacial score (nSPS) is 35.9.